The molecule has 8 nitrogen and oxygen atoms in total. The molecule has 0 aromatic carbocycles. The van der Waals surface area contributed by atoms with E-state index in [9.17, 15) is 20.4 Å². The monoisotopic (exact) mass is 621 g/mol. The van der Waals surface area contributed by atoms with Gasteiger partial charge < -0.3 is 20.4 Å². The van der Waals surface area contributed by atoms with Gasteiger partial charge in [0.2, 0.25) is 0 Å². The van der Waals surface area contributed by atoms with Gasteiger partial charge in [-0.15, -0.1) is 0 Å². The molecule has 8 bridgehead atoms. The predicted octanol–water partition coefficient (Wildman–Crippen LogP) is 3.97. The molecular weight excluding hydrogens is 552 g/mol. The molecule has 256 valence electrons. The molecule has 8 heteroatoms. The molecule has 8 aliphatic heterocycles. The maximum Gasteiger partial charge on any atom is 0.0710 e. The van der Waals surface area contributed by atoms with Crippen LogP contribution in [0.5, 0.6) is 0 Å². The largest absolute Gasteiger partial charge is 0.391 e. The third-order valence-corrected chi connectivity index (χ3v) is 12.6. The van der Waals surface area contributed by atoms with Gasteiger partial charge in [-0.05, 0) is 132 Å². The van der Waals surface area contributed by atoms with Crippen LogP contribution in [0.4, 0.5) is 0 Å². The Bertz CT molecular complexity index is 775. The number of hydrogen-bond donors (Lipinski definition) is 4. The fraction of sp³-hybridized carbons (Fsp3) is 1.00. The molecule has 12 unspecified atom stereocenters. The Morgan fingerprint density at radius 3 is 0.591 bits per heavy atom. The standard InChI is InChI=1S/4C9H17NO/c4*1-6(2)10-7-3-4-8(10)9(11)5-7/h4*6-9,11H,3-5H2,1-2H3. The van der Waals surface area contributed by atoms with Gasteiger partial charge in [0, 0.05) is 72.5 Å². The van der Waals surface area contributed by atoms with Crippen molar-refractivity contribution in [2.75, 3.05) is 0 Å². The molecule has 0 aliphatic carbocycles. The highest BCUT2D eigenvalue weighted by molar-refractivity contribution is 5.04. The highest BCUT2D eigenvalue weighted by atomic mass is 16.3. The summed E-state index contributed by atoms with van der Waals surface area (Å²) >= 11 is 0. The van der Waals surface area contributed by atoms with Crippen molar-refractivity contribution in [3.63, 3.8) is 0 Å². The third-order valence-electron chi connectivity index (χ3n) is 12.6. The summed E-state index contributed by atoms with van der Waals surface area (Å²) in [4.78, 5) is 9.96. The van der Waals surface area contributed by atoms with Crippen LogP contribution in [0.2, 0.25) is 0 Å². The zero-order valence-electron chi connectivity index (χ0n) is 29.3. The smallest absolute Gasteiger partial charge is 0.0710 e. The lowest BCUT2D eigenvalue weighted by molar-refractivity contribution is 0.109. The quantitative estimate of drug-likeness (QED) is 0.375. The van der Waals surface area contributed by atoms with E-state index in [4.69, 9.17) is 0 Å². The van der Waals surface area contributed by atoms with E-state index >= 15 is 0 Å². The van der Waals surface area contributed by atoms with Crippen LogP contribution < -0.4 is 0 Å². The van der Waals surface area contributed by atoms with Gasteiger partial charge in [-0.3, -0.25) is 19.6 Å². The molecule has 8 rings (SSSR count). The van der Waals surface area contributed by atoms with E-state index in [0.717, 1.165) is 25.7 Å². The average Bonchev–Trinajstić information content (AvgIpc) is 3.80. The topological polar surface area (TPSA) is 93.9 Å². The van der Waals surface area contributed by atoms with Gasteiger partial charge in [0.25, 0.3) is 0 Å². The van der Waals surface area contributed by atoms with Crippen molar-refractivity contribution in [1.29, 1.82) is 0 Å². The maximum absolute atomic E-state index is 9.60. The first-order valence-electron chi connectivity index (χ1n) is 18.6. The van der Waals surface area contributed by atoms with E-state index in [1.807, 2.05) is 0 Å². The molecule has 0 amide bonds. The van der Waals surface area contributed by atoms with Crippen molar-refractivity contribution in [2.45, 2.75) is 229 Å². The third kappa shape index (κ3) is 6.94. The van der Waals surface area contributed by atoms with Crippen molar-refractivity contribution in [3.8, 4) is 0 Å². The number of rotatable bonds is 4. The summed E-state index contributed by atoms with van der Waals surface area (Å²) in [5.41, 5.74) is 0. The lowest BCUT2D eigenvalue weighted by Gasteiger charge is -2.26. The highest BCUT2D eigenvalue weighted by Gasteiger charge is 2.48. The second-order valence-electron chi connectivity index (χ2n) is 16.6. The van der Waals surface area contributed by atoms with Crippen LogP contribution in [0.15, 0.2) is 0 Å². The van der Waals surface area contributed by atoms with Crippen LogP contribution in [0.25, 0.3) is 0 Å². The van der Waals surface area contributed by atoms with Crippen LogP contribution >= 0.6 is 0 Å². The van der Waals surface area contributed by atoms with Crippen molar-refractivity contribution in [2.24, 2.45) is 0 Å². The van der Waals surface area contributed by atoms with Gasteiger partial charge in [0.1, 0.15) is 0 Å². The summed E-state index contributed by atoms with van der Waals surface area (Å²) in [6, 6.07) is 7.17. The molecule has 12 atom stereocenters. The SMILES string of the molecule is CC(C)N1C2CCC1C(O)C2.CC(C)N1C2CCC1C(O)C2.CC(C)N1C2CCC1C(O)C2.CC(C)N1C2CCC1C(O)C2. The molecule has 8 fully saturated rings. The Hall–Kier alpha value is -0.320. The lowest BCUT2D eigenvalue weighted by Crippen LogP contribution is -2.37. The van der Waals surface area contributed by atoms with Gasteiger partial charge in [0.05, 0.1) is 24.4 Å². The van der Waals surface area contributed by atoms with Crippen molar-refractivity contribution < 1.29 is 20.4 Å². The molecule has 0 saturated carbocycles. The van der Waals surface area contributed by atoms with Crippen molar-refractivity contribution >= 4 is 0 Å². The predicted molar refractivity (Wildman–Crippen MR) is 178 cm³/mol. The Balaban J connectivity index is 0.000000116. The van der Waals surface area contributed by atoms with E-state index in [0.29, 0.717) is 72.5 Å². The van der Waals surface area contributed by atoms with E-state index in [2.05, 4.69) is 75.0 Å². The van der Waals surface area contributed by atoms with Crippen LogP contribution in [0.3, 0.4) is 0 Å². The van der Waals surface area contributed by atoms with E-state index < -0.39 is 0 Å². The van der Waals surface area contributed by atoms with Crippen molar-refractivity contribution in [3.05, 3.63) is 0 Å². The zero-order chi connectivity index (χ0) is 32.0. The summed E-state index contributed by atoms with van der Waals surface area (Å²) in [5, 5.41) is 38.4. The van der Waals surface area contributed by atoms with E-state index in [1.54, 1.807) is 0 Å². The second-order valence-corrected chi connectivity index (χ2v) is 16.6. The summed E-state index contributed by atoms with van der Waals surface area (Å²) in [6.07, 6.45) is 14.0. The lowest BCUT2D eigenvalue weighted by atomic mass is 9.98. The number of nitrogens with zero attached hydrogens (tertiary/aromatic N) is 4. The fourth-order valence-electron chi connectivity index (χ4n) is 11.2. The van der Waals surface area contributed by atoms with Gasteiger partial charge in [-0.1, -0.05) is 0 Å². The van der Waals surface area contributed by atoms with Gasteiger partial charge in [-0.25, -0.2) is 0 Å². The number of aliphatic hydroxyl groups is 4. The zero-order valence-corrected chi connectivity index (χ0v) is 29.3. The Morgan fingerprint density at radius 1 is 0.341 bits per heavy atom. The van der Waals surface area contributed by atoms with Gasteiger partial charge in [0.15, 0.2) is 0 Å². The van der Waals surface area contributed by atoms with Gasteiger partial charge in [-0.2, -0.15) is 0 Å². The summed E-state index contributed by atoms with van der Waals surface area (Å²) in [6.45, 7) is 17.8. The number of hydrogen-bond acceptors (Lipinski definition) is 8. The Kier molecular flexibility index (Phi) is 11.5. The molecule has 8 heterocycles. The van der Waals surface area contributed by atoms with Crippen LogP contribution in [0.1, 0.15) is 132 Å². The molecule has 0 aromatic rings. The molecule has 44 heavy (non-hydrogen) atoms. The summed E-state index contributed by atoms with van der Waals surface area (Å²) in [5.74, 6) is 0. The first-order chi connectivity index (χ1) is 20.8. The first-order valence-corrected chi connectivity index (χ1v) is 18.6. The minimum atomic E-state index is -0.0313. The first kappa shape index (κ1) is 35.0. The molecular formula is C36H68N4O4. The number of fused-ring (bicyclic) bond motifs is 8. The van der Waals surface area contributed by atoms with Crippen molar-refractivity contribution in [1.82, 2.24) is 19.6 Å². The van der Waals surface area contributed by atoms with Crippen LogP contribution in [-0.2, 0) is 0 Å². The molecule has 0 radical (unpaired) electrons. The fourth-order valence-corrected chi connectivity index (χ4v) is 11.2. The minimum absolute atomic E-state index is 0.0313. The average molecular weight is 621 g/mol. The van der Waals surface area contributed by atoms with E-state index in [1.165, 1.54) is 51.4 Å². The normalized spacial score (nSPS) is 44.2. The highest BCUT2D eigenvalue weighted by Crippen LogP contribution is 2.41. The van der Waals surface area contributed by atoms with Gasteiger partial charge >= 0.3 is 0 Å². The van der Waals surface area contributed by atoms with Crippen LogP contribution in [-0.4, -0.2) is 137 Å². The molecule has 8 saturated heterocycles. The number of aliphatic hydroxyl groups excluding tert-OH is 4. The van der Waals surface area contributed by atoms with Crippen LogP contribution in [0, 0.1) is 0 Å². The maximum atomic E-state index is 9.60. The summed E-state index contributed by atoms with van der Waals surface area (Å²) < 4.78 is 0. The molecule has 4 N–H and O–H groups in total. The Labute approximate surface area is 269 Å². The molecule has 0 aromatic heterocycles. The summed E-state index contributed by atoms with van der Waals surface area (Å²) in [7, 11) is 0. The minimum Gasteiger partial charge on any atom is -0.391 e. The second kappa shape index (κ2) is 14.4. The van der Waals surface area contributed by atoms with E-state index in [-0.39, 0.29) is 24.4 Å². The molecule has 0 spiro atoms. The molecule has 8 aliphatic rings. The Morgan fingerprint density at radius 2 is 0.523 bits per heavy atom.